The van der Waals surface area contributed by atoms with Crippen LogP contribution in [0.5, 0.6) is 5.75 Å². The number of ether oxygens (including phenoxy) is 1. The third-order valence-electron chi connectivity index (χ3n) is 3.40. The number of aliphatic carboxylic acids is 1. The average molecular weight is 377 g/mol. The Morgan fingerprint density at radius 2 is 2.04 bits per heavy atom. The number of rotatable bonds is 7. The molecule has 0 aliphatic rings. The molecular formula is C16H17N4O5S-. The fourth-order valence-corrected chi connectivity index (χ4v) is 2.84. The van der Waals surface area contributed by atoms with Crippen LogP contribution in [0.15, 0.2) is 34.2 Å². The van der Waals surface area contributed by atoms with E-state index in [9.17, 15) is 19.5 Å². The first-order chi connectivity index (χ1) is 12.3. The molecule has 0 saturated heterocycles. The van der Waals surface area contributed by atoms with Crippen LogP contribution in [0.1, 0.15) is 23.7 Å². The van der Waals surface area contributed by atoms with E-state index >= 15 is 0 Å². The molecule has 0 aliphatic heterocycles. The Labute approximate surface area is 153 Å². The van der Waals surface area contributed by atoms with E-state index in [1.165, 1.54) is 19.2 Å². The standard InChI is InChI=1S/C16H18N4O5S/c1-3-10(15(23)24)26-16-19-12(17)11(14(22)20-16)18-13(21)8-4-6-9(25-2)7-5-8/h4-7,10H,3H2,1-2H3,(H,18,21)(H,23,24)(H3,17,19,20,22)/p-1/t10-/m1/s1. The smallest absolute Gasteiger partial charge is 0.277 e. The number of hydrogen-bond acceptors (Lipinski definition) is 8. The Bertz CT molecular complexity index is 866. The van der Waals surface area contributed by atoms with Crippen LogP contribution in [0.2, 0.25) is 0 Å². The van der Waals surface area contributed by atoms with E-state index in [1.54, 1.807) is 19.1 Å². The molecule has 1 aromatic heterocycles. The van der Waals surface area contributed by atoms with Crippen LogP contribution in [0.4, 0.5) is 11.5 Å². The van der Waals surface area contributed by atoms with E-state index < -0.39 is 22.7 Å². The summed E-state index contributed by atoms with van der Waals surface area (Å²) in [6.07, 6.45) is 0.284. The minimum Gasteiger partial charge on any atom is -0.549 e. The number of anilines is 2. The zero-order valence-corrected chi connectivity index (χ0v) is 14.9. The van der Waals surface area contributed by atoms with Gasteiger partial charge in [0.25, 0.3) is 11.5 Å². The number of aromatic nitrogens is 2. The van der Waals surface area contributed by atoms with Crippen molar-refractivity contribution in [1.82, 2.24) is 9.97 Å². The maximum absolute atomic E-state index is 12.2. The second-order valence-corrected chi connectivity index (χ2v) is 6.34. The predicted octanol–water partition coefficient (Wildman–Crippen LogP) is 0.234. The number of amides is 1. The van der Waals surface area contributed by atoms with Crippen molar-refractivity contribution >= 4 is 35.1 Å². The number of nitrogens with two attached hydrogens (primary N) is 1. The molecule has 0 fully saturated rings. The highest BCUT2D eigenvalue weighted by Gasteiger charge is 2.16. The van der Waals surface area contributed by atoms with Crippen molar-refractivity contribution < 1.29 is 19.4 Å². The number of nitrogens with one attached hydrogen (secondary N) is 2. The molecule has 1 heterocycles. The van der Waals surface area contributed by atoms with Gasteiger partial charge in [-0.15, -0.1) is 0 Å². The number of methoxy groups -OCH3 is 1. The first-order valence-electron chi connectivity index (χ1n) is 7.58. The van der Waals surface area contributed by atoms with Crippen LogP contribution in [0.3, 0.4) is 0 Å². The maximum atomic E-state index is 12.2. The lowest BCUT2D eigenvalue weighted by Crippen LogP contribution is -2.33. The number of nitrogens with zero attached hydrogens (tertiary/aromatic N) is 1. The average Bonchev–Trinajstić information content (AvgIpc) is 2.62. The topological polar surface area (TPSA) is 150 Å². The van der Waals surface area contributed by atoms with Gasteiger partial charge in [0.2, 0.25) is 0 Å². The summed E-state index contributed by atoms with van der Waals surface area (Å²) in [6.45, 7) is 1.67. The molecule has 0 spiro atoms. The molecule has 138 valence electrons. The van der Waals surface area contributed by atoms with Gasteiger partial charge in [-0.25, -0.2) is 4.98 Å². The Morgan fingerprint density at radius 3 is 2.54 bits per heavy atom. The van der Waals surface area contributed by atoms with E-state index in [0.717, 1.165) is 11.8 Å². The lowest BCUT2D eigenvalue weighted by molar-refractivity contribution is -0.304. The monoisotopic (exact) mass is 377 g/mol. The van der Waals surface area contributed by atoms with Crippen molar-refractivity contribution in [3.05, 3.63) is 40.2 Å². The molecule has 0 aliphatic carbocycles. The van der Waals surface area contributed by atoms with Crippen LogP contribution >= 0.6 is 11.8 Å². The fourth-order valence-electron chi connectivity index (χ4n) is 2.01. The summed E-state index contributed by atoms with van der Waals surface area (Å²) in [5.41, 5.74) is 5.15. The van der Waals surface area contributed by atoms with Gasteiger partial charge in [0, 0.05) is 5.56 Å². The normalized spacial score (nSPS) is 11.6. The molecule has 2 aromatic rings. The lowest BCUT2D eigenvalue weighted by atomic mass is 10.2. The SMILES string of the molecule is CC[C@@H](Sc1nc(N)c(NC(=O)c2ccc(OC)cc2)c(=O)[nH]1)C(=O)[O-]. The molecular weight excluding hydrogens is 360 g/mol. The number of carboxylic acid groups (broad SMARTS) is 1. The molecule has 26 heavy (non-hydrogen) atoms. The van der Waals surface area contributed by atoms with Crippen molar-refractivity contribution in [3.63, 3.8) is 0 Å². The summed E-state index contributed by atoms with van der Waals surface area (Å²) < 4.78 is 5.01. The third kappa shape index (κ3) is 4.54. The first-order valence-corrected chi connectivity index (χ1v) is 8.46. The van der Waals surface area contributed by atoms with E-state index in [-0.39, 0.29) is 23.1 Å². The molecule has 0 bridgehead atoms. The summed E-state index contributed by atoms with van der Waals surface area (Å²) in [7, 11) is 1.50. The van der Waals surface area contributed by atoms with Crippen molar-refractivity contribution in [3.8, 4) is 5.75 Å². The predicted molar refractivity (Wildman–Crippen MR) is 95.2 cm³/mol. The molecule has 0 unspecified atom stereocenters. The summed E-state index contributed by atoms with van der Waals surface area (Å²) in [4.78, 5) is 41.7. The maximum Gasteiger partial charge on any atom is 0.277 e. The largest absolute Gasteiger partial charge is 0.549 e. The minimum absolute atomic E-state index is 0.0333. The van der Waals surface area contributed by atoms with E-state index in [2.05, 4.69) is 15.3 Å². The van der Waals surface area contributed by atoms with Crippen molar-refractivity contribution in [2.45, 2.75) is 23.8 Å². The van der Waals surface area contributed by atoms with E-state index in [4.69, 9.17) is 10.5 Å². The minimum atomic E-state index is -1.27. The number of carboxylic acids is 1. The van der Waals surface area contributed by atoms with Gasteiger partial charge in [-0.1, -0.05) is 18.7 Å². The molecule has 1 amide bonds. The molecule has 1 atom stereocenters. The van der Waals surface area contributed by atoms with Gasteiger partial charge in [0.15, 0.2) is 11.0 Å². The van der Waals surface area contributed by atoms with Crippen molar-refractivity contribution in [1.29, 1.82) is 0 Å². The summed E-state index contributed by atoms with van der Waals surface area (Å²) >= 11 is 0.818. The first kappa shape index (κ1) is 19.3. The van der Waals surface area contributed by atoms with Gasteiger partial charge in [-0.3, -0.25) is 14.6 Å². The van der Waals surface area contributed by atoms with E-state index in [0.29, 0.717) is 11.3 Å². The highest BCUT2D eigenvalue weighted by molar-refractivity contribution is 8.00. The van der Waals surface area contributed by atoms with Crippen molar-refractivity contribution in [2.24, 2.45) is 0 Å². The van der Waals surface area contributed by atoms with Crippen molar-refractivity contribution in [2.75, 3.05) is 18.2 Å². The zero-order chi connectivity index (χ0) is 19.3. The second-order valence-electron chi connectivity index (χ2n) is 5.15. The number of hydrogen-bond donors (Lipinski definition) is 3. The summed E-state index contributed by atoms with van der Waals surface area (Å²) in [5, 5.41) is 12.5. The van der Waals surface area contributed by atoms with Crippen LogP contribution in [-0.2, 0) is 4.79 Å². The number of nitrogen functional groups attached to an aromatic ring is 1. The number of carbonyl (C=O) groups excluding carboxylic acids is 2. The number of carbonyl (C=O) groups is 2. The molecule has 4 N–H and O–H groups in total. The molecule has 9 nitrogen and oxygen atoms in total. The van der Waals surface area contributed by atoms with Crippen LogP contribution in [0, 0.1) is 0 Å². The number of benzene rings is 1. The molecule has 0 radical (unpaired) electrons. The van der Waals surface area contributed by atoms with Crippen LogP contribution < -0.4 is 26.5 Å². The van der Waals surface area contributed by atoms with Gasteiger partial charge in [-0.05, 0) is 30.7 Å². The van der Waals surface area contributed by atoms with Crippen LogP contribution in [0.25, 0.3) is 0 Å². The number of H-pyrrole nitrogens is 1. The Balaban J connectivity index is 2.20. The van der Waals surface area contributed by atoms with Gasteiger partial charge in [0.1, 0.15) is 11.4 Å². The Kier molecular flexibility index (Phi) is 6.23. The van der Waals surface area contributed by atoms with Gasteiger partial charge >= 0.3 is 0 Å². The highest BCUT2D eigenvalue weighted by Crippen LogP contribution is 2.23. The summed E-state index contributed by atoms with van der Waals surface area (Å²) in [6, 6.07) is 6.26. The number of thioether (sulfide) groups is 1. The molecule has 2 rings (SSSR count). The second kappa shape index (κ2) is 8.39. The Hall–Kier alpha value is -3.01. The van der Waals surface area contributed by atoms with Gasteiger partial charge in [0.05, 0.1) is 18.3 Å². The van der Waals surface area contributed by atoms with E-state index in [1.807, 2.05) is 0 Å². The van der Waals surface area contributed by atoms with Crippen LogP contribution in [-0.4, -0.2) is 34.2 Å². The fraction of sp³-hybridized carbons (Fsp3) is 0.250. The third-order valence-corrected chi connectivity index (χ3v) is 4.63. The Morgan fingerprint density at radius 1 is 1.38 bits per heavy atom. The summed E-state index contributed by atoms with van der Waals surface area (Å²) in [5.74, 6) is -1.45. The molecule has 10 heteroatoms. The zero-order valence-electron chi connectivity index (χ0n) is 14.1. The molecule has 1 aromatic carbocycles. The lowest BCUT2D eigenvalue weighted by Gasteiger charge is -2.15. The van der Waals surface area contributed by atoms with Gasteiger partial charge < -0.3 is 25.7 Å². The highest BCUT2D eigenvalue weighted by atomic mass is 32.2. The number of aromatic amines is 1. The molecule has 0 saturated carbocycles. The quantitative estimate of drug-likeness (QED) is 0.458. The van der Waals surface area contributed by atoms with Gasteiger partial charge in [-0.2, -0.15) is 0 Å².